The average molecular weight is 330 g/mol. The van der Waals surface area contributed by atoms with Crippen LogP contribution >= 0.6 is 0 Å². The zero-order valence-corrected chi connectivity index (χ0v) is 13.6. The first-order valence-electron chi connectivity index (χ1n) is 8.16. The van der Waals surface area contributed by atoms with Gasteiger partial charge in [-0.3, -0.25) is 4.98 Å². The van der Waals surface area contributed by atoms with Crippen LogP contribution in [0.2, 0.25) is 0 Å². The maximum atomic E-state index is 11.4. The molecular weight excluding hydrogens is 312 g/mol. The van der Waals surface area contributed by atoms with Crippen LogP contribution in [-0.2, 0) is 6.42 Å². The van der Waals surface area contributed by atoms with E-state index >= 15 is 0 Å². The lowest BCUT2D eigenvalue weighted by molar-refractivity contribution is 0.718. The Labute approximate surface area is 144 Å². The lowest BCUT2D eigenvalue weighted by Crippen LogP contribution is -2.13. The highest BCUT2D eigenvalue weighted by atomic mass is 16.1. The molecule has 0 aliphatic rings. The monoisotopic (exact) mass is 330 g/mol. The van der Waals surface area contributed by atoms with Gasteiger partial charge in [-0.2, -0.15) is 0 Å². The fraction of sp³-hybridized carbons (Fsp3) is 0.100. The first-order valence-corrected chi connectivity index (χ1v) is 8.16. The molecule has 0 aliphatic heterocycles. The summed E-state index contributed by atoms with van der Waals surface area (Å²) in [5.41, 5.74) is 11.9. The van der Waals surface area contributed by atoms with Crippen LogP contribution < -0.4 is 11.4 Å². The number of fused-ring (bicyclic) bond motifs is 1. The Kier molecular flexibility index (Phi) is 3.91. The molecule has 0 saturated heterocycles. The van der Waals surface area contributed by atoms with Crippen LogP contribution in [0.15, 0.2) is 71.8 Å². The van der Waals surface area contributed by atoms with Crippen LogP contribution in [0.25, 0.3) is 22.2 Å². The quantitative estimate of drug-likeness (QED) is 0.537. The molecule has 0 radical (unpaired) electrons. The second-order valence-corrected chi connectivity index (χ2v) is 6.14. The summed E-state index contributed by atoms with van der Waals surface area (Å²) in [6, 6.07) is 17.9. The first kappa shape index (κ1) is 15.4. The third kappa shape index (κ3) is 3.22. The van der Waals surface area contributed by atoms with Crippen molar-refractivity contribution >= 4 is 11.0 Å². The molecule has 4 rings (SSSR count). The standard InChI is InChI=1S/C20H18N4O/c21-17(8-13-4-2-1-3-5-13)16-9-15(11-22-12-16)14-6-7-18-19(10-14)24-20(25)23-18/h1-7,9-12,17H,8,21H2,(H2,23,24,25)/t17-/m0/s1. The molecule has 5 heteroatoms. The molecule has 5 nitrogen and oxygen atoms in total. The van der Waals surface area contributed by atoms with Crippen LogP contribution in [0.3, 0.4) is 0 Å². The van der Waals surface area contributed by atoms with Crippen molar-refractivity contribution in [2.75, 3.05) is 0 Å². The second kappa shape index (κ2) is 6.37. The largest absolute Gasteiger partial charge is 0.324 e. The van der Waals surface area contributed by atoms with E-state index in [-0.39, 0.29) is 11.7 Å². The third-order valence-corrected chi connectivity index (χ3v) is 4.34. The predicted octanol–water partition coefficient (Wildman–Crippen LogP) is 3.16. The van der Waals surface area contributed by atoms with Gasteiger partial charge in [0.2, 0.25) is 0 Å². The van der Waals surface area contributed by atoms with Gasteiger partial charge in [0.25, 0.3) is 0 Å². The van der Waals surface area contributed by atoms with E-state index in [2.05, 4.69) is 33.2 Å². The molecule has 1 atom stereocenters. The number of imidazole rings is 1. The molecule has 0 unspecified atom stereocenters. The third-order valence-electron chi connectivity index (χ3n) is 4.34. The minimum Gasteiger partial charge on any atom is -0.324 e. The second-order valence-electron chi connectivity index (χ2n) is 6.14. The van der Waals surface area contributed by atoms with Gasteiger partial charge in [-0.15, -0.1) is 0 Å². The Morgan fingerprint density at radius 2 is 1.72 bits per heavy atom. The van der Waals surface area contributed by atoms with Gasteiger partial charge >= 0.3 is 5.69 Å². The number of nitrogens with two attached hydrogens (primary N) is 1. The molecule has 124 valence electrons. The number of H-pyrrole nitrogens is 2. The fourth-order valence-electron chi connectivity index (χ4n) is 3.02. The van der Waals surface area contributed by atoms with Crippen molar-refractivity contribution in [3.63, 3.8) is 0 Å². The van der Waals surface area contributed by atoms with Gasteiger partial charge in [0.15, 0.2) is 0 Å². The number of nitrogens with zero attached hydrogens (tertiary/aromatic N) is 1. The van der Waals surface area contributed by atoms with Crippen LogP contribution in [0.4, 0.5) is 0 Å². The van der Waals surface area contributed by atoms with Crippen molar-refractivity contribution in [2.45, 2.75) is 12.5 Å². The topological polar surface area (TPSA) is 87.6 Å². The molecule has 0 spiro atoms. The molecule has 2 aromatic heterocycles. The molecule has 25 heavy (non-hydrogen) atoms. The number of pyridine rings is 1. The molecular formula is C20H18N4O. The normalized spacial score (nSPS) is 12.4. The minimum absolute atomic E-state index is 0.120. The Bertz CT molecular complexity index is 1070. The van der Waals surface area contributed by atoms with E-state index in [1.807, 2.05) is 48.8 Å². The number of hydrogen-bond donors (Lipinski definition) is 3. The SMILES string of the molecule is N[C@@H](Cc1ccccc1)c1cncc(-c2ccc3[nH]c(=O)[nH]c3c2)c1. The lowest BCUT2D eigenvalue weighted by Gasteiger charge is -2.13. The van der Waals surface area contributed by atoms with Gasteiger partial charge in [-0.1, -0.05) is 36.4 Å². The Balaban J connectivity index is 1.64. The van der Waals surface area contributed by atoms with Gasteiger partial charge < -0.3 is 15.7 Å². The van der Waals surface area contributed by atoms with Crippen molar-refractivity contribution < 1.29 is 0 Å². The number of benzene rings is 2. The highest BCUT2D eigenvalue weighted by Crippen LogP contribution is 2.25. The van der Waals surface area contributed by atoms with Gasteiger partial charge in [0.1, 0.15) is 0 Å². The van der Waals surface area contributed by atoms with E-state index in [4.69, 9.17) is 5.73 Å². The summed E-state index contributed by atoms with van der Waals surface area (Å²) in [4.78, 5) is 21.3. The summed E-state index contributed by atoms with van der Waals surface area (Å²) >= 11 is 0. The van der Waals surface area contributed by atoms with Crippen LogP contribution in [0.5, 0.6) is 0 Å². The van der Waals surface area contributed by atoms with Crippen molar-refractivity contribution in [1.29, 1.82) is 0 Å². The summed E-state index contributed by atoms with van der Waals surface area (Å²) in [5, 5.41) is 0. The first-order chi connectivity index (χ1) is 12.2. The van der Waals surface area contributed by atoms with Crippen LogP contribution in [0.1, 0.15) is 17.2 Å². The molecule has 0 bridgehead atoms. The molecule has 2 heterocycles. The van der Waals surface area contributed by atoms with Crippen molar-refractivity contribution in [2.24, 2.45) is 5.73 Å². The van der Waals surface area contributed by atoms with Gasteiger partial charge in [0.05, 0.1) is 11.0 Å². The number of aromatic nitrogens is 3. The van der Waals surface area contributed by atoms with Crippen molar-refractivity contribution in [3.05, 3.63) is 88.6 Å². The summed E-state index contributed by atoms with van der Waals surface area (Å²) in [6.07, 6.45) is 4.38. The highest BCUT2D eigenvalue weighted by Gasteiger charge is 2.10. The average Bonchev–Trinajstić information content (AvgIpc) is 3.02. The predicted molar refractivity (Wildman–Crippen MR) is 99.2 cm³/mol. The van der Waals surface area contributed by atoms with Gasteiger partial charge in [0, 0.05) is 24.0 Å². The molecule has 0 fully saturated rings. The molecule has 0 saturated carbocycles. The van der Waals surface area contributed by atoms with E-state index in [0.29, 0.717) is 0 Å². The van der Waals surface area contributed by atoms with Crippen LogP contribution in [0, 0.1) is 0 Å². The number of hydrogen-bond acceptors (Lipinski definition) is 3. The fourth-order valence-corrected chi connectivity index (χ4v) is 3.02. The molecule has 0 amide bonds. The number of aromatic amines is 2. The Hall–Kier alpha value is -3.18. The van der Waals surface area contributed by atoms with E-state index < -0.39 is 0 Å². The molecule has 0 aliphatic carbocycles. The highest BCUT2D eigenvalue weighted by molar-refractivity contribution is 5.81. The van der Waals surface area contributed by atoms with E-state index in [1.54, 1.807) is 0 Å². The molecule has 2 aromatic carbocycles. The Morgan fingerprint density at radius 3 is 2.56 bits per heavy atom. The van der Waals surface area contributed by atoms with Gasteiger partial charge in [-0.05, 0) is 41.3 Å². The number of rotatable bonds is 4. The molecule has 4 aromatic rings. The maximum Gasteiger partial charge on any atom is 0.323 e. The summed E-state index contributed by atoms with van der Waals surface area (Å²) in [6.45, 7) is 0. The summed E-state index contributed by atoms with van der Waals surface area (Å²) < 4.78 is 0. The zero-order chi connectivity index (χ0) is 17.2. The van der Waals surface area contributed by atoms with E-state index in [0.717, 1.165) is 34.1 Å². The summed E-state index contributed by atoms with van der Waals surface area (Å²) in [7, 11) is 0. The smallest absolute Gasteiger partial charge is 0.323 e. The summed E-state index contributed by atoms with van der Waals surface area (Å²) in [5.74, 6) is 0. The minimum atomic E-state index is -0.205. The van der Waals surface area contributed by atoms with Gasteiger partial charge in [-0.25, -0.2) is 4.79 Å². The number of nitrogens with one attached hydrogen (secondary N) is 2. The van der Waals surface area contributed by atoms with Crippen molar-refractivity contribution in [1.82, 2.24) is 15.0 Å². The Morgan fingerprint density at radius 1 is 0.920 bits per heavy atom. The molecule has 4 N–H and O–H groups in total. The van der Waals surface area contributed by atoms with E-state index in [1.165, 1.54) is 5.56 Å². The van der Waals surface area contributed by atoms with Crippen LogP contribution in [-0.4, -0.2) is 15.0 Å². The van der Waals surface area contributed by atoms with E-state index in [9.17, 15) is 4.79 Å². The maximum absolute atomic E-state index is 11.4. The lowest BCUT2D eigenvalue weighted by atomic mass is 9.98. The zero-order valence-electron chi connectivity index (χ0n) is 13.6. The van der Waals surface area contributed by atoms with Crippen molar-refractivity contribution in [3.8, 4) is 11.1 Å².